The Kier molecular flexibility index (Phi) is 3.69. The van der Waals surface area contributed by atoms with Crippen molar-refractivity contribution in [1.29, 1.82) is 0 Å². The largest absolute Gasteiger partial charge is 0.342 e. The molecular weight excluding hydrogens is 176 g/mol. The van der Waals surface area contributed by atoms with E-state index in [-0.39, 0.29) is 5.91 Å². The molecule has 80 valence electrons. The number of hydrogen-bond acceptors (Lipinski definition) is 2. The van der Waals surface area contributed by atoms with E-state index in [1.54, 1.807) is 0 Å². The molecule has 0 aromatic carbocycles. The molecule has 0 radical (unpaired) electrons. The maximum absolute atomic E-state index is 11.9. The van der Waals surface area contributed by atoms with Crippen LogP contribution in [-0.4, -0.2) is 37.5 Å². The minimum Gasteiger partial charge on any atom is -0.342 e. The average molecular weight is 196 g/mol. The van der Waals surface area contributed by atoms with E-state index in [9.17, 15) is 4.79 Å². The lowest BCUT2D eigenvalue weighted by Gasteiger charge is -2.25. The highest BCUT2D eigenvalue weighted by Crippen LogP contribution is 2.11. The molecule has 0 unspecified atom stereocenters. The van der Waals surface area contributed by atoms with Crippen LogP contribution >= 0.6 is 0 Å². The summed E-state index contributed by atoms with van der Waals surface area (Å²) in [5, 5.41) is 3.15. The van der Waals surface area contributed by atoms with Gasteiger partial charge >= 0.3 is 0 Å². The van der Waals surface area contributed by atoms with Gasteiger partial charge in [0.25, 0.3) is 0 Å². The molecule has 1 aliphatic rings. The number of nitrogens with one attached hydrogen (secondary N) is 1. The Labute approximate surface area is 86.2 Å². The quantitative estimate of drug-likeness (QED) is 0.684. The van der Waals surface area contributed by atoms with Gasteiger partial charge < -0.3 is 10.2 Å². The van der Waals surface area contributed by atoms with Gasteiger partial charge in [-0.1, -0.05) is 13.8 Å². The van der Waals surface area contributed by atoms with Crippen LogP contribution in [-0.2, 0) is 4.79 Å². The fraction of sp³-hybridized carbons (Fsp3) is 0.727. The summed E-state index contributed by atoms with van der Waals surface area (Å²) in [6.07, 6.45) is 0. The third-order valence-electron chi connectivity index (χ3n) is 2.51. The fourth-order valence-corrected chi connectivity index (χ4v) is 1.58. The number of carbonyl (C=O) groups is 1. The van der Waals surface area contributed by atoms with E-state index in [0.717, 1.165) is 25.2 Å². The summed E-state index contributed by atoms with van der Waals surface area (Å²) < 4.78 is 0. The van der Waals surface area contributed by atoms with E-state index in [2.05, 4.69) is 19.2 Å². The van der Waals surface area contributed by atoms with Crippen LogP contribution in [0.1, 0.15) is 20.8 Å². The van der Waals surface area contributed by atoms with E-state index < -0.39 is 0 Å². The third kappa shape index (κ3) is 2.58. The Bertz CT molecular complexity index is 250. The Morgan fingerprint density at radius 2 is 2.07 bits per heavy atom. The van der Waals surface area contributed by atoms with E-state index >= 15 is 0 Å². The lowest BCUT2D eigenvalue weighted by atomic mass is 10.0. The first-order valence-electron chi connectivity index (χ1n) is 5.17. The Morgan fingerprint density at radius 1 is 1.50 bits per heavy atom. The van der Waals surface area contributed by atoms with Crippen LogP contribution in [0.3, 0.4) is 0 Å². The van der Waals surface area contributed by atoms with Crippen molar-refractivity contribution in [3.8, 4) is 0 Å². The molecule has 0 spiro atoms. The zero-order valence-electron chi connectivity index (χ0n) is 9.55. The Hall–Kier alpha value is -0.830. The summed E-state index contributed by atoms with van der Waals surface area (Å²) in [5.41, 5.74) is 2.18. The molecule has 1 heterocycles. The maximum atomic E-state index is 11.9. The van der Waals surface area contributed by atoms with Crippen molar-refractivity contribution in [2.75, 3.05) is 26.7 Å². The van der Waals surface area contributed by atoms with E-state index in [0.29, 0.717) is 5.92 Å². The summed E-state index contributed by atoms with van der Waals surface area (Å²) in [6.45, 7) is 8.76. The van der Waals surface area contributed by atoms with Crippen LogP contribution in [0.4, 0.5) is 0 Å². The van der Waals surface area contributed by atoms with Crippen LogP contribution < -0.4 is 5.32 Å². The summed E-state index contributed by atoms with van der Waals surface area (Å²) in [6, 6.07) is 0. The van der Waals surface area contributed by atoms with Crippen LogP contribution in [0.2, 0.25) is 0 Å². The van der Waals surface area contributed by atoms with Crippen LogP contribution in [0.25, 0.3) is 0 Å². The molecule has 0 bridgehead atoms. The van der Waals surface area contributed by atoms with Crippen molar-refractivity contribution in [3.05, 3.63) is 11.1 Å². The number of nitrogens with zero attached hydrogens (tertiary/aromatic N) is 1. The highest BCUT2D eigenvalue weighted by molar-refractivity contribution is 5.93. The summed E-state index contributed by atoms with van der Waals surface area (Å²) in [7, 11) is 1.87. The van der Waals surface area contributed by atoms with Gasteiger partial charge in [-0.25, -0.2) is 0 Å². The maximum Gasteiger partial charge on any atom is 0.249 e. The molecule has 0 aliphatic carbocycles. The molecule has 0 aromatic heterocycles. The zero-order valence-corrected chi connectivity index (χ0v) is 9.55. The SMILES string of the molecule is CC(C(=O)N(C)CC(C)C)=C1CNC1. The lowest BCUT2D eigenvalue weighted by molar-refractivity contribution is -0.126. The second kappa shape index (κ2) is 4.60. The third-order valence-corrected chi connectivity index (χ3v) is 2.51. The first-order valence-corrected chi connectivity index (χ1v) is 5.17. The minimum atomic E-state index is 0.176. The van der Waals surface area contributed by atoms with Gasteiger partial charge in [0.1, 0.15) is 0 Å². The number of hydrogen-bond donors (Lipinski definition) is 1. The average Bonchev–Trinajstić information content (AvgIpc) is 1.98. The predicted octanol–water partition coefficient (Wildman–Crippen LogP) is 1.02. The molecule has 1 N–H and O–H groups in total. The molecule has 1 saturated heterocycles. The first-order chi connectivity index (χ1) is 6.52. The van der Waals surface area contributed by atoms with Gasteiger partial charge in [0, 0.05) is 32.3 Å². The normalized spacial score (nSPS) is 15.4. The molecule has 0 aromatic rings. The van der Waals surface area contributed by atoms with Crippen LogP contribution in [0.15, 0.2) is 11.1 Å². The molecule has 3 heteroatoms. The van der Waals surface area contributed by atoms with Gasteiger partial charge in [-0.05, 0) is 18.4 Å². The van der Waals surface area contributed by atoms with E-state index in [4.69, 9.17) is 0 Å². The minimum absolute atomic E-state index is 0.176. The van der Waals surface area contributed by atoms with Crippen molar-refractivity contribution in [2.24, 2.45) is 5.92 Å². The predicted molar refractivity (Wildman–Crippen MR) is 58.0 cm³/mol. The van der Waals surface area contributed by atoms with Crippen LogP contribution in [0.5, 0.6) is 0 Å². The molecule has 0 saturated carbocycles. The molecular formula is C11H20N2O. The molecule has 14 heavy (non-hydrogen) atoms. The molecule has 1 fully saturated rings. The Balaban J connectivity index is 2.55. The number of amides is 1. The van der Waals surface area contributed by atoms with Crippen molar-refractivity contribution in [1.82, 2.24) is 10.2 Å². The summed E-state index contributed by atoms with van der Waals surface area (Å²) in [5.74, 6) is 0.705. The van der Waals surface area contributed by atoms with E-state index in [1.165, 1.54) is 5.57 Å². The number of rotatable bonds is 3. The topological polar surface area (TPSA) is 32.3 Å². The van der Waals surface area contributed by atoms with Crippen LogP contribution in [0, 0.1) is 5.92 Å². The second-order valence-electron chi connectivity index (χ2n) is 4.41. The standard InChI is InChI=1S/C11H20N2O/c1-8(2)7-13(4)11(14)9(3)10-5-12-6-10/h8,12H,5-7H2,1-4H3. The van der Waals surface area contributed by atoms with Crippen molar-refractivity contribution < 1.29 is 4.79 Å². The lowest BCUT2D eigenvalue weighted by Crippen LogP contribution is -2.38. The molecule has 1 amide bonds. The second-order valence-corrected chi connectivity index (χ2v) is 4.41. The van der Waals surface area contributed by atoms with Gasteiger partial charge in [0.2, 0.25) is 5.91 Å². The monoisotopic (exact) mass is 196 g/mol. The molecule has 1 aliphatic heterocycles. The van der Waals surface area contributed by atoms with Crippen molar-refractivity contribution in [3.63, 3.8) is 0 Å². The number of carbonyl (C=O) groups excluding carboxylic acids is 1. The fourth-order valence-electron chi connectivity index (χ4n) is 1.58. The van der Waals surface area contributed by atoms with Gasteiger partial charge in [-0.2, -0.15) is 0 Å². The zero-order chi connectivity index (χ0) is 10.7. The molecule has 3 nitrogen and oxygen atoms in total. The summed E-state index contributed by atoms with van der Waals surface area (Å²) in [4.78, 5) is 13.7. The van der Waals surface area contributed by atoms with Crippen molar-refractivity contribution >= 4 is 5.91 Å². The first kappa shape index (κ1) is 11.2. The highest BCUT2D eigenvalue weighted by atomic mass is 16.2. The molecule has 0 atom stereocenters. The van der Waals surface area contributed by atoms with Gasteiger partial charge in [0.05, 0.1) is 0 Å². The highest BCUT2D eigenvalue weighted by Gasteiger charge is 2.18. The number of likely N-dealkylation sites (N-methyl/N-ethyl adjacent to an activating group) is 1. The van der Waals surface area contributed by atoms with Crippen molar-refractivity contribution in [2.45, 2.75) is 20.8 Å². The smallest absolute Gasteiger partial charge is 0.249 e. The van der Waals surface area contributed by atoms with E-state index in [1.807, 2.05) is 18.9 Å². The summed E-state index contributed by atoms with van der Waals surface area (Å²) >= 11 is 0. The van der Waals surface area contributed by atoms with Gasteiger partial charge in [0.15, 0.2) is 0 Å². The van der Waals surface area contributed by atoms with Gasteiger partial charge in [-0.15, -0.1) is 0 Å². The molecule has 1 rings (SSSR count). The van der Waals surface area contributed by atoms with Gasteiger partial charge in [-0.3, -0.25) is 4.79 Å². The Morgan fingerprint density at radius 3 is 2.43 bits per heavy atom.